The van der Waals surface area contributed by atoms with Crippen LogP contribution in [-0.4, -0.2) is 0 Å². The number of rotatable bonds is 7. The molecule has 0 aliphatic heterocycles. The van der Waals surface area contributed by atoms with E-state index in [1.807, 2.05) is 6.07 Å². The van der Waals surface area contributed by atoms with Crippen molar-refractivity contribution < 1.29 is 13.2 Å². The fourth-order valence-corrected chi connectivity index (χ4v) is 4.47. The second kappa shape index (κ2) is 9.07. The first-order chi connectivity index (χ1) is 14.6. The van der Waals surface area contributed by atoms with Crippen LogP contribution in [0.1, 0.15) is 55.7 Å². The summed E-state index contributed by atoms with van der Waals surface area (Å²) in [5.74, 6) is -2.21. The van der Waals surface area contributed by atoms with Crippen LogP contribution in [0.3, 0.4) is 0 Å². The zero-order chi connectivity index (χ0) is 21.1. The molecule has 0 atom stereocenters. The molecule has 0 fully saturated rings. The number of hydrogen-bond donors (Lipinski definition) is 0. The van der Waals surface area contributed by atoms with E-state index in [1.54, 1.807) is 6.07 Å². The van der Waals surface area contributed by atoms with Crippen molar-refractivity contribution in [2.24, 2.45) is 0 Å². The number of halogens is 3. The third-order valence-electron chi connectivity index (χ3n) is 6.15. The molecule has 0 saturated carbocycles. The minimum absolute atomic E-state index is 0.319. The van der Waals surface area contributed by atoms with E-state index in [-0.39, 0.29) is 5.82 Å². The molecular formula is C27H27F3. The summed E-state index contributed by atoms with van der Waals surface area (Å²) in [4.78, 5) is 0. The Morgan fingerprint density at radius 1 is 0.700 bits per heavy atom. The van der Waals surface area contributed by atoms with Gasteiger partial charge in [-0.2, -0.15) is 0 Å². The molecule has 1 aliphatic carbocycles. The highest BCUT2D eigenvalue weighted by atomic mass is 19.2. The van der Waals surface area contributed by atoms with Gasteiger partial charge in [0.25, 0.3) is 0 Å². The van der Waals surface area contributed by atoms with Gasteiger partial charge in [0, 0.05) is 5.56 Å². The summed E-state index contributed by atoms with van der Waals surface area (Å²) >= 11 is 0. The first kappa shape index (κ1) is 20.7. The minimum Gasteiger partial charge on any atom is -0.206 e. The molecule has 0 aromatic heterocycles. The minimum atomic E-state index is -0.961. The quantitative estimate of drug-likeness (QED) is 0.347. The molecule has 0 spiro atoms. The van der Waals surface area contributed by atoms with Crippen LogP contribution >= 0.6 is 0 Å². The predicted molar refractivity (Wildman–Crippen MR) is 117 cm³/mol. The SMILES string of the molecule is CCCCCCCc1ccc2c(c1)CCc1c-2ccc(-c2ccc(F)c(F)c2)c1F. The summed E-state index contributed by atoms with van der Waals surface area (Å²) in [5.41, 5.74) is 5.97. The zero-order valence-corrected chi connectivity index (χ0v) is 17.4. The average molecular weight is 409 g/mol. The normalized spacial score (nSPS) is 12.5. The molecule has 0 unspecified atom stereocenters. The van der Waals surface area contributed by atoms with Crippen molar-refractivity contribution in [1.82, 2.24) is 0 Å². The van der Waals surface area contributed by atoms with Crippen LogP contribution in [0.25, 0.3) is 22.3 Å². The molecule has 3 aromatic rings. The van der Waals surface area contributed by atoms with Gasteiger partial charge in [-0.1, -0.05) is 69.0 Å². The molecule has 1 aliphatic rings. The van der Waals surface area contributed by atoms with Gasteiger partial charge in [-0.15, -0.1) is 0 Å². The maximum atomic E-state index is 15.3. The maximum absolute atomic E-state index is 15.3. The number of aryl methyl sites for hydroxylation is 2. The predicted octanol–water partition coefficient (Wildman–Crippen LogP) is 8.05. The van der Waals surface area contributed by atoms with Crippen molar-refractivity contribution in [3.05, 3.63) is 82.7 Å². The van der Waals surface area contributed by atoms with Crippen LogP contribution in [0.5, 0.6) is 0 Å². The Kier molecular flexibility index (Phi) is 6.26. The van der Waals surface area contributed by atoms with Crippen molar-refractivity contribution >= 4 is 0 Å². The highest BCUT2D eigenvalue weighted by molar-refractivity contribution is 5.78. The summed E-state index contributed by atoms with van der Waals surface area (Å²) in [5, 5.41) is 0. The molecule has 0 amide bonds. The molecule has 4 rings (SSSR count). The highest BCUT2D eigenvalue weighted by Gasteiger charge is 2.22. The molecule has 0 bridgehead atoms. The van der Waals surface area contributed by atoms with Gasteiger partial charge in [0.05, 0.1) is 0 Å². The van der Waals surface area contributed by atoms with E-state index in [0.717, 1.165) is 36.1 Å². The fraction of sp³-hybridized carbons (Fsp3) is 0.333. The van der Waals surface area contributed by atoms with Crippen LogP contribution in [0.15, 0.2) is 48.5 Å². The monoisotopic (exact) mass is 408 g/mol. The molecule has 3 heteroatoms. The lowest BCUT2D eigenvalue weighted by molar-refractivity contribution is 0.509. The van der Waals surface area contributed by atoms with Crippen molar-refractivity contribution in [2.75, 3.05) is 0 Å². The Morgan fingerprint density at radius 3 is 2.27 bits per heavy atom. The van der Waals surface area contributed by atoms with Gasteiger partial charge in [-0.3, -0.25) is 0 Å². The molecule has 0 heterocycles. The van der Waals surface area contributed by atoms with Gasteiger partial charge in [0.1, 0.15) is 5.82 Å². The third-order valence-corrected chi connectivity index (χ3v) is 6.15. The summed E-state index contributed by atoms with van der Waals surface area (Å²) in [7, 11) is 0. The summed E-state index contributed by atoms with van der Waals surface area (Å²) in [6.07, 6.45) is 8.84. The molecular weight excluding hydrogens is 381 g/mol. The molecule has 156 valence electrons. The molecule has 0 nitrogen and oxygen atoms in total. The van der Waals surface area contributed by atoms with Crippen molar-refractivity contribution in [3.8, 4) is 22.3 Å². The van der Waals surface area contributed by atoms with Gasteiger partial charge in [-0.05, 0) is 71.2 Å². The van der Waals surface area contributed by atoms with Crippen LogP contribution in [-0.2, 0) is 19.3 Å². The van der Waals surface area contributed by atoms with Gasteiger partial charge >= 0.3 is 0 Å². The van der Waals surface area contributed by atoms with Crippen LogP contribution < -0.4 is 0 Å². The second-order valence-electron chi connectivity index (χ2n) is 8.24. The smallest absolute Gasteiger partial charge is 0.159 e. The lowest BCUT2D eigenvalue weighted by Crippen LogP contribution is -2.08. The Labute approximate surface area is 176 Å². The van der Waals surface area contributed by atoms with Crippen molar-refractivity contribution in [1.29, 1.82) is 0 Å². The molecule has 0 radical (unpaired) electrons. The van der Waals surface area contributed by atoms with Crippen LogP contribution in [0, 0.1) is 17.5 Å². The second-order valence-corrected chi connectivity index (χ2v) is 8.24. The van der Waals surface area contributed by atoms with Gasteiger partial charge in [0.15, 0.2) is 11.6 Å². The first-order valence-electron chi connectivity index (χ1n) is 11.0. The van der Waals surface area contributed by atoms with E-state index in [1.165, 1.54) is 49.3 Å². The average Bonchev–Trinajstić information content (AvgIpc) is 2.75. The Morgan fingerprint density at radius 2 is 1.47 bits per heavy atom. The molecule has 30 heavy (non-hydrogen) atoms. The first-order valence-corrected chi connectivity index (χ1v) is 11.0. The number of unbranched alkanes of at least 4 members (excludes halogenated alkanes) is 4. The number of hydrogen-bond acceptors (Lipinski definition) is 0. The zero-order valence-electron chi connectivity index (χ0n) is 17.4. The third kappa shape index (κ3) is 4.16. The van der Waals surface area contributed by atoms with E-state index in [9.17, 15) is 8.78 Å². The Bertz CT molecular complexity index is 1050. The van der Waals surface area contributed by atoms with E-state index in [2.05, 4.69) is 25.1 Å². The lowest BCUT2D eigenvalue weighted by atomic mass is 9.82. The van der Waals surface area contributed by atoms with E-state index >= 15 is 4.39 Å². The van der Waals surface area contributed by atoms with Crippen LogP contribution in [0.4, 0.5) is 13.2 Å². The highest BCUT2D eigenvalue weighted by Crippen LogP contribution is 2.39. The fourth-order valence-electron chi connectivity index (χ4n) is 4.47. The topological polar surface area (TPSA) is 0 Å². The molecule has 0 N–H and O–H groups in total. The van der Waals surface area contributed by atoms with E-state index in [0.29, 0.717) is 23.1 Å². The summed E-state index contributed by atoms with van der Waals surface area (Å²) < 4.78 is 42.2. The number of benzene rings is 3. The van der Waals surface area contributed by atoms with Gasteiger partial charge < -0.3 is 0 Å². The largest absolute Gasteiger partial charge is 0.206 e. The molecule has 0 saturated heterocycles. The maximum Gasteiger partial charge on any atom is 0.159 e. The van der Waals surface area contributed by atoms with Crippen molar-refractivity contribution in [3.63, 3.8) is 0 Å². The molecule has 3 aromatic carbocycles. The van der Waals surface area contributed by atoms with Crippen LogP contribution in [0.2, 0.25) is 0 Å². The number of fused-ring (bicyclic) bond motifs is 3. The van der Waals surface area contributed by atoms with E-state index < -0.39 is 11.6 Å². The Balaban J connectivity index is 1.59. The standard InChI is InChI=1S/C27H27F3/c1-2-3-4-5-6-7-18-8-11-21-19(16-18)9-12-24-23(21)14-13-22(27(24)30)20-10-15-25(28)26(29)17-20/h8,10-11,13-17H,2-7,9,12H2,1H3. The summed E-state index contributed by atoms with van der Waals surface area (Å²) in [6.45, 7) is 2.23. The van der Waals surface area contributed by atoms with E-state index in [4.69, 9.17) is 0 Å². The van der Waals surface area contributed by atoms with Gasteiger partial charge in [-0.25, -0.2) is 13.2 Å². The van der Waals surface area contributed by atoms with Crippen molar-refractivity contribution in [2.45, 2.75) is 58.3 Å². The summed E-state index contributed by atoms with van der Waals surface area (Å²) in [6, 6.07) is 13.7. The Hall–Kier alpha value is -2.55. The van der Waals surface area contributed by atoms with Gasteiger partial charge in [0.2, 0.25) is 0 Å². The lowest BCUT2D eigenvalue weighted by Gasteiger charge is -2.22.